The molecule has 38 heavy (non-hydrogen) atoms. The van der Waals surface area contributed by atoms with Crippen molar-refractivity contribution in [3.8, 4) is 11.4 Å². The van der Waals surface area contributed by atoms with Crippen LogP contribution in [0.15, 0.2) is 90.1 Å². The maximum atomic E-state index is 13.6. The molecule has 0 saturated heterocycles. The maximum Gasteiger partial charge on any atom is 0.269 e. The Balaban J connectivity index is 1.58. The third-order valence-corrected chi connectivity index (χ3v) is 6.56. The van der Waals surface area contributed by atoms with E-state index in [1.54, 1.807) is 16.8 Å². The summed E-state index contributed by atoms with van der Waals surface area (Å²) in [5, 5.41) is 22.2. The van der Waals surface area contributed by atoms with Crippen LogP contribution in [-0.2, 0) is 10.2 Å². The number of amides is 1. The topological polar surface area (TPSA) is 115 Å². The lowest BCUT2D eigenvalue weighted by Gasteiger charge is -2.28. The molecule has 9 heteroatoms. The van der Waals surface area contributed by atoms with E-state index in [4.69, 9.17) is 10.1 Å². The lowest BCUT2D eigenvalue weighted by molar-refractivity contribution is -0.384. The Morgan fingerprint density at radius 1 is 1.00 bits per heavy atom. The van der Waals surface area contributed by atoms with Gasteiger partial charge in [-0.15, -0.1) is 5.10 Å². The van der Waals surface area contributed by atoms with E-state index in [9.17, 15) is 14.9 Å². The van der Waals surface area contributed by atoms with Crippen molar-refractivity contribution < 1.29 is 9.72 Å². The highest BCUT2D eigenvalue weighted by Gasteiger charge is 2.35. The van der Waals surface area contributed by atoms with E-state index in [1.165, 1.54) is 17.7 Å². The largest absolute Gasteiger partial charge is 0.328 e. The summed E-state index contributed by atoms with van der Waals surface area (Å²) in [5.41, 5.74) is 4.42. The molecule has 1 amide bonds. The molecule has 1 unspecified atom stereocenters. The third-order valence-electron chi connectivity index (χ3n) is 6.56. The number of hydrogen-bond acceptors (Lipinski definition) is 6. The van der Waals surface area contributed by atoms with Crippen molar-refractivity contribution in [2.45, 2.75) is 39.2 Å². The summed E-state index contributed by atoms with van der Waals surface area (Å²) in [7, 11) is 0. The number of hydrogen-bond donors (Lipinski definition) is 2. The number of nitrogens with zero attached hydrogens (tertiary/aromatic N) is 4. The molecule has 0 radical (unpaired) electrons. The van der Waals surface area contributed by atoms with Gasteiger partial charge in [0.15, 0.2) is 5.82 Å². The molecule has 0 bridgehead atoms. The van der Waals surface area contributed by atoms with Gasteiger partial charge in [-0.05, 0) is 47.7 Å². The molecule has 2 N–H and O–H groups in total. The van der Waals surface area contributed by atoms with Crippen LogP contribution in [0.2, 0.25) is 0 Å². The van der Waals surface area contributed by atoms with Crippen molar-refractivity contribution in [3.05, 3.63) is 111 Å². The molecule has 1 aliphatic rings. The number of para-hydroxylation sites is 1. The Morgan fingerprint density at radius 3 is 2.26 bits per heavy atom. The van der Waals surface area contributed by atoms with Crippen molar-refractivity contribution in [1.29, 1.82) is 0 Å². The van der Waals surface area contributed by atoms with Gasteiger partial charge in [0, 0.05) is 29.1 Å². The van der Waals surface area contributed by atoms with Crippen LogP contribution in [0.25, 0.3) is 11.4 Å². The number of carbonyl (C=O) groups excluding carboxylic acids is 1. The van der Waals surface area contributed by atoms with Crippen LogP contribution >= 0.6 is 0 Å². The van der Waals surface area contributed by atoms with Gasteiger partial charge in [0.1, 0.15) is 6.04 Å². The molecule has 0 aliphatic carbocycles. The van der Waals surface area contributed by atoms with Gasteiger partial charge < -0.3 is 10.6 Å². The van der Waals surface area contributed by atoms with Gasteiger partial charge >= 0.3 is 0 Å². The SMILES string of the molecule is CC1=C(C(=O)Nc2ccccc2)C(c2ccc([N+](=O)[O-])cc2)n2nc(-c3ccc(C(C)(C)C)cc3)nc2N1. The monoisotopic (exact) mass is 508 g/mol. The predicted molar refractivity (Wildman–Crippen MR) is 147 cm³/mol. The van der Waals surface area contributed by atoms with E-state index in [1.807, 2.05) is 49.4 Å². The number of benzene rings is 3. The molecule has 1 aliphatic heterocycles. The normalized spacial score (nSPS) is 15.0. The van der Waals surface area contributed by atoms with E-state index in [0.29, 0.717) is 34.3 Å². The standard InChI is InChI=1S/C29H28N6O3/c1-18-24(27(36)31-22-8-6-5-7-9-22)25(19-12-16-23(17-13-19)35(37)38)34-28(30-18)32-26(33-34)20-10-14-21(15-11-20)29(2,3)4/h5-17,25H,1-4H3,(H,31,36)(H,30,32,33). The molecule has 5 rings (SSSR count). The van der Waals surface area contributed by atoms with Gasteiger partial charge in [-0.25, -0.2) is 4.68 Å². The second-order valence-corrected chi connectivity index (χ2v) is 10.3. The number of nitrogens with one attached hydrogen (secondary N) is 2. The third kappa shape index (κ3) is 4.78. The average molecular weight is 509 g/mol. The number of carbonyl (C=O) groups is 1. The number of anilines is 2. The lowest BCUT2D eigenvalue weighted by atomic mass is 9.87. The zero-order valence-electron chi connectivity index (χ0n) is 21.6. The smallest absolute Gasteiger partial charge is 0.269 e. The maximum absolute atomic E-state index is 13.6. The van der Waals surface area contributed by atoms with E-state index >= 15 is 0 Å². The van der Waals surface area contributed by atoms with E-state index in [0.717, 1.165) is 5.56 Å². The van der Waals surface area contributed by atoms with Gasteiger partial charge in [-0.3, -0.25) is 14.9 Å². The van der Waals surface area contributed by atoms with Crippen molar-refractivity contribution in [2.24, 2.45) is 0 Å². The highest BCUT2D eigenvalue weighted by atomic mass is 16.6. The summed E-state index contributed by atoms with van der Waals surface area (Å²) in [6, 6.07) is 22.8. The highest BCUT2D eigenvalue weighted by Crippen LogP contribution is 2.37. The second kappa shape index (κ2) is 9.59. The number of allylic oxidation sites excluding steroid dienone is 1. The minimum absolute atomic E-state index is 0.0179. The zero-order chi connectivity index (χ0) is 27.0. The first-order chi connectivity index (χ1) is 18.1. The average Bonchev–Trinajstić information content (AvgIpc) is 3.31. The first kappa shape index (κ1) is 24.9. The van der Waals surface area contributed by atoms with Gasteiger partial charge in [0.05, 0.1) is 10.5 Å². The Hall–Kier alpha value is -4.79. The first-order valence-corrected chi connectivity index (χ1v) is 12.3. The summed E-state index contributed by atoms with van der Waals surface area (Å²) in [5.74, 6) is 0.691. The van der Waals surface area contributed by atoms with E-state index in [2.05, 4.69) is 43.5 Å². The lowest BCUT2D eigenvalue weighted by Crippen LogP contribution is -2.31. The van der Waals surface area contributed by atoms with Crippen LogP contribution in [0.4, 0.5) is 17.3 Å². The summed E-state index contributed by atoms with van der Waals surface area (Å²) in [6.45, 7) is 8.29. The van der Waals surface area contributed by atoms with Crippen LogP contribution in [0.3, 0.4) is 0 Å². The van der Waals surface area contributed by atoms with Crippen LogP contribution in [-0.4, -0.2) is 25.6 Å². The number of rotatable bonds is 5. The molecule has 1 aromatic heterocycles. The van der Waals surface area contributed by atoms with Crippen molar-refractivity contribution in [3.63, 3.8) is 0 Å². The Kier molecular flexibility index (Phi) is 6.28. The molecule has 4 aromatic rings. The summed E-state index contributed by atoms with van der Waals surface area (Å²) in [4.78, 5) is 29.1. The van der Waals surface area contributed by atoms with Gasteiger partial charge in [0.25, 0.3) is 11.6 Å². The molecular weight excluding hydrogens is 480 g/mol. The van der Waals surface area contributed by atoms with Gasteiger partial charge in [-0.1, -0.05) is 63.2 Å². The fraction of sp³-hybridized carbons (Fsp3) is 0.207. The number of nitro groups is 1. The molecule has 0 saturated carbocycles. The van der Waals surface area contributed by atoms with Crippen LogP contribution in [0.1, 0.15) is 44.9 Å². The van der Waals surface area contributed by atoms with E-state index < -0.39 is 11.0 Å². The highest BCUT2D eigenvalue weighted by molar-refractivity contribution is 6.06. The van der Waals surface area contributed by atoms with Crippen molar-refractivity contribution in [1.82, 2.24) is 14.8 Å². The van der Waals surface area contributed by atoms with Crippen molar-refractivity contribution in [2.75, 3.05) is 10.6 Å². The van der Waals surface area contributed by atoms with Crippen LogP contribution in [0.5, 0.6) is 0 Å². The molecular formula is C29H28N6O3. The van der Waals surface area contributed by atoms with Crippen LogP contribution < -0.4 is 10.6 Å². The summed E-state index contributed by atoms with van der Waals surface area (Å²) >= 11 is 0. The number of aromatic nitrogens is 3. The molecule has 1 atom stereocenters. The second-order valence-electron chi connectivity index (χ2n) is 10.3. The van der Waals surface area contributed by atoms with E-state index in [-0.39, 0.29) is 17.0 Å². The van der Waals surface area contributed by atoms with Gasteiger partial charge in [-0.2, -0.15) is 4.98 Å². The Morgan fingerprint density at radius 2 is 1.66 bits per heavy atom. The molecule has 0 fully saturated rings. The fourth-order valence-electron chi connectivity index (χ4n) is 4.49. The minimum Gasteiger partial charge on any atom is -0.328 e. The molecule has 3 aromatic carbocycles. The molecule has 0 spiro atoms. The number of fused-ring (bicyclic) bond motifs is 1. The fourth-order valence-corrected chi connectivity index (χ4v) is 4.49. The number of nitro benzene ring substituents is 1. The predicted octanol–water partition coefficient (Wildman–Crippen LogP) is 6.08. The zero-order valence-corrected chi connectivity index (χ0v) is 21.6. The summed E-state index contributed by atoms with van der Waals surface area (Å²) < 4.78 is 1.67. The molecule has 2 heterocycles. The summed E-state index contributed by atoms with van der Waals surface area (Å²) in [6.07, 6.45) is 0. The Bertz CT molecular complexity index is 1530. The van der Waals surface area contributed by atoms with Crippen molar-refractivity contribution >= 4 is 23.2 Å². The molecule has 9 nitrogen and oxygen atoms in total. The van der Waals surface area contributed by atoms with Crippen LogP contribution in [0, 0.1) is 10.1 Å². The van der Waals surface area contributed by atoms with Gasteiger partial charge in [0.2, 0.25) is 5.95 Å². The number of non-ortho nitro benzene ring substituents is 1. The minimum atomic E-state index is -0.647. The first-order valence-electron chi connectivity index (χ1n) is 12.3. The quantitative estimate of drug-likeness (QED) is 0.249. The molecule has 192 valence electrons. The Labute approximate surface area is 220 Å².